The summed E-state index contributed by atoms with van der Waals surface area (Å²) in [7, 11) is 1.56. The van der Waals surface area contributed by atoms with Gasteiger partial charge in [0.25, 0.3) is 0 Å². The summed E-state index contributed by atoms with van der Waals surface area (Å²) in [4.78, 5) is 2.11. The van der Waals surface area contributed by atoms with Crippen molar-refractivity contribution in [2.45, 2.75) is 39.5 Å². The number of nitrogen functional groups attached to an aromatic ring is 1. The first-order chi connectivity index (χ1) is 9.55. The van der Waals surface area contributed by atoms with Gasteiger partial charge in [-0.2, -0.15) is 0 Å². The summed E-state index contributed by atoms with van der Waals surface area (Å²) >= 11 is 0. The van der Waals surface area contributed by atoms with Gasteiger partial charge in [-0.1, -0.05) is 26.7 Å². The minimum atomic E-state index is -0.260. The highest BCUT2D eigenvalue weighted by atomic mass is 19.1. The van der Waals surface area contributed by atoms with Crippen molar-refractivity contribution < 1.29 is 9.13 Å². The number of nitrogens with zero attached hydrogens (tertiary/aromatic N) is 1. The summed E-state index contributed by atoms with van der Waals surface area (Å²) in [6.45, 7) is 6.30. The van der Waals surface area contributed by atoms with Gasteiger partial charge in [-0.3, -0.25) is 0 Å². The number of hydrogen-bond donors (Lipinski definition) is 1. The Hall–Kier alpha value is -1.45. The molecule has 0 atom stereocenters. The first-order valence-electron chi connectivity index (χ1n) is 7.43. The number of ether oxygens (including phenoxy) is 1. The van der Waals surface area contributed by atoms with E-state index in [4.69, 9.17) is 10.5 Å². The molecule has 1 aliphatic heterocycles. The lowest BCUT2D eigenvalue weighted by Gasteiger charge is -2.42. The quantitative estimate of drug-likeness (QED) is 0.852. The van der Waals surface area contributed by atoms with E-state index in [9.17, 15) is 4.39 Å². The second-order valence-corrected chi connectivity index (χ2v) is 5.74. The Balaban J connectivity index is 2.18. The molecule has 0 aromatic heterocycles. The fourth-order valence-electron chi connectivity index (χ4n) is 3.16. The molecule has 0 aliphatic carbocycles. The summed E-state index contributed by atoms with van der Waals surface area (Å²) < 4.78 is 19.3. The van der Waals surface area contributed by atoms with Gasteiger partial charge in [0.15, 0.2) is 0 Å². The van der Waals surface area contributed by atoms with Gasteiger partial charge < -0.3 is 15.4 Å². The number of benzene rings is 1. The number of rotatable bonds is 4. The summed E-state index contributed by atoms with van der Waals surface area (Å²) in [5, 5.41) is 0. The maximum Gasteiger partial charge on any atom is 0.148 e. The lowest BCUT2D eigenvalue weighted by Crippen LogP contribution is -2.40. The molecule has 0 radical (unpaired) electrons. The van der Waals surface area contributed by atoms with E-state index in [1.165, 1.54) is 18.9 Å². The molecule has 0 saturated carbocycles. The van der Waals surface area contributed by atoms with Crippen LogP contribution in [0.25, 0.3) is 0 Å². The van der Waals surface area contributed by atoms with Gasteiger partial charge in [-0.05, 0) is 18.3 Å². The predicted molar refractivity (Wildman–Crippen MR) is 81.8 cm³/mol. The first-order valence-corrected chi connectivity index (χ1v) is 7.43. The van der Waals surface area contributed by atoms with Crippen LogP contribution in [-0.2, 0) is 0 Å². The Morgan fingerprint density at radius 2 is 1.85 bits per heavy atom. The molecule has 1 fully saturated rings. The van der Waals surface area contributed by atoms with E-state index in [0.29, 0.717) is 22.5 Å². The van der Waals surface area contributed by atoms with E-state index in [1.807, 2.05) is 0 Å². The van der Waals surface area contributed by atoms with E-state index >= 15 is 0 Å². The molecule has 1 aromatic rings. The van der Waals surface area contributed by atoms with E-state index in [1.54, 1.807) is 13.2 Å². The van der Waals surface area contributed by atoms with E-state index in [-0.39, 0.29) is 5.82 Å². The fraction of sp³-hybridized carbons (Fsp3) is 0.625. The molecule has 0 unspecified atom stereocenters. The topological polar surface area (TPSA) is 38.5 Å². The lowest BCUT2D eigenvalue weighted by atomic mass is 9.74. The van der Waals surface area contributed by atoms with Crippen LogP contribution in [0.2, 0.25) is 0 Å². The Morgan fingerprint density at radius 1 is 1.25 bits per heavy atom. The van der Waals surface area contributed by atoms with E-state index in [2.05, 4.69) is 18.7 Å². The molecule has 0 bridgehead atoms. The third-order valence-electron chi connectivity index (χ3n) is 4.96. The van der Waals surface area contributed by atoms with Gasteiger partial charge in [0.1, 0.15) is 11.6 Å². The van der Waals surface area contributed by atoms with Crippen LogP contribution in [-0.4, -0.2) is 20.2 Å². The number of halogens is 1. The average Bonchev–Trinajstić information content (AvgIpc) is 2.48. The Labute approximate surface area is 120 Å². The van der Waals surface area contributed by atoms with Crippen molar-refractivity contribution in [2.75, 3.05) is 30.8 Å². The molecule has 20 heavy (non-hydrogen) atoms. The highest BCUT2D eigenvalue weighted by molar-refractivity contribution is 5.63. The zero-order valence-corrected chi connectivity index (χ0v) is 12.7. The molecule has 2 N–H and O–H groups in total. The number of anilines is 2. The van der Waals surface area contributed by atoms with Gasteiger partial charge in [-0.15, -0.1) is 0 Å². The van der Waals surface area contributed by atoms with E-state index in [0.717, 1.165) is 25.9 Å². The molecule has 1 saturated heterocycles. The minimum Gasteiger partial charge on any atom is -0.495 e. The van der Waals surface area contributed by atoms with Crippen molar-refractivity contribution >= 4 is 11.4 Å². The second kappa shape index (κ2) is 5.90. The summed E-state index contributed by atoms with van der Waals surface area (Å²) in [6.07, 6.45) is 4.63. The lowest BCUT2D eigenvalue weighted by molar-refractivity contribution is 0.199. The van der Waals surface area contributed by atoms with Crippen LogP contribution in [0.5, 0.6) is 5.75 Å². The van der Waals surface area contributed by atoms with Gasteiger partial charge in [0, 0.05) is 25.2 Å². The summed E-state index contributed by atoms with van der Waals surface area (Å²) in [5.41, 5.74) is 7.13. The van der Waals surface area contributed by atoms with Crippen LogP contribution in [0.3, 0.4) is 0 Å². The van der Waals surface area contributed by atoms with Crippen LogP contribution in [0.1, 0.15) is 39.5 Å². The van der Waals surface area contributed by atoms with Crippen LogP contribution in [0.15, 0.2) is 12.1 Å². The maximum atomic E-state index is 14.1. The van der Waals surface area contributed by atoms with Crippen molar-refractivity contribution in [3.8, 4) is 5.75 Å². The molecule has 0 spiro atoms. The van der Waals surface area contributed by atoms with Gasteiger partial charge >= 0.3 is 0 Å². The molecule has 3 nitrogen and oxygen atoms in total. The van der Waals surface area contributed by atoms with Crippen LogP contribution >= 0.6 is 0 Å². The number of methoxy groups -OCH3 is 1. The van der Waals surface area contributed by atoms with Gasteiger partial charge in [-0.25, -0.2) is 4.39 Å². The monoisotopic (exact) mass is 280 g/mol. The molecule has 4 heteroatoms. The van der Waals surface area contributed by atoms with E-state index < -0.39 is 0 Å². The number of nitrogens with two attached hydrogens (primary N) is 1. The second-order valence-electron chi connectivity index (χ2n) is 5.74. The van der Waals surface area contributed by atoms with Crippen LogP contribution in [0, 0.1) is 11.2 Å². The molecule has 0 amide bonds. The third kappa shape index (κ3) is 2.69. The van der Waals surface area contributed by atoms with Crippen molar-refractivity contribution in [1.82, 2.24) is 0 Å². The Bertz CT molecular complexity index is 462. The molecule has 1 aliphatic rings. The van der Waals surface area contributed by atoms with Crippen molar-refractivity contribution in [3.05, 3.63) is 17.9 Å². The van der Waals surface area contributed by atoms with Gasteiger partial charge in [0.2, 0.25) is 0 Å². The van der Waals surface area contributed by atoms with Crippen molar-refractivity contribution in [1.29, 1.82) is 0 Å². The zero-order valence-electron chi connectivity index (χ0n) is 12.7. The molecule has 2 rings (SSSR count). The Kier molecular flexibility index (Phi) is 4.41. The standard InChI is InChI=1S/C16H25FN2O/c1-4-16(5-2)6-8-19(9-7-16)14-11-15(20-3)13(18)10-12(14)17/h10-11H,4-9,18H2,1-3H3. The fourth-order valence-corrected chi connectivity index (χ4v) is 3.16. The third-order valence-corrected chi connectivity index (χ3v) is 4.96. The van der Waals surface area contributed by atoms with Crippen LogP contribution in [0.4, 0.5) is 15.8 Å². The molecule has 1 aromatic carbocycles. The average molecular weight is 280 g/mol. The summed E-state index contributed by atoms with van der Waals surface area (Å²) in [5.74, 6) is 0.285. The number of hydrogen-bond acceptors (Lipinski definition) is 3. The summed E-state index contributed by atoms with van der Waals surface area (Å²) in [6, 6.07) is 3.07. The molecular formula is C16H25FN2O. The number of piperidine rings is 1. The zero-order chi connectivity index (χ0) is 14.8. The molecular weight excluding hydrogens is 255 g/mol. The Morgan fingerprint density at radius 3 is 2.35 bits per heavy atom. The van der Waals surface area contributed by atoms with Crippen molar-refractivity contribution in [2.24, 2.45) is 5.41 Å². The maximum absolute atomic E-state index is 14.1. The normalized spacial score (nSPS) is 18.1. The SMILES string of the molecule is CCC1(CC)CCN(c2cc(OC)c(N)cc2F)CC1. The smallest absolute Gasteiger partial charge is 0.148 e. The molecule has 112 valence electrons. The first kappa shape index (κ1) is 14.9. The van der Waals surface area contributed by atoms with Gasteiger partial charge in [0.05, 0.1) is 18.5 Å². The predicted octanol–water partition coefficient (Wildman–Crippen LogP) is 3.82. The largest absolute Gasteiger partial charge is 0.495 e. The van der Waals surface area contributed by atoms with Crippen molar-refractivity contribution in [3.63, 3.8) is 0 Å². The minimum absolute atomic E-state index is 0.260. The highest BCUT2D eigenvalue weighted by Gasteiger charge is 2.32. The highest BCUT2D eigenvalue weighted by Crippen LogP contribution is 2.40. The molecule has 1 heterocycles. The van der Waals surface area contributed by atoms with Crippen LogP contribution < -0.4 is 15.4 Å².